The number of nitrogens with one attached hydrogen (secondary N) is 2. The van der Waals surface area contributed by atoms with E-state index < -0.39 is 0 Å². The molecule has 0 aliphatic carbocycles. The minimum atomic E-state index is -0.236. The van der Waals surface area contributed by atoms with Gasteiger partial charge in [-0.2, -0.15) is 0 Å². The molecule has 5 heteroatoms. The van der Waals surface area contributed by atoms with E-state index in [9.17, 15) is 9.59 Å². The summed E-state index contributed by atoms with van der Waals surface area (Å²) < 4.78 is 1.05. The van der Waals surface area contributed by atoms with Gasteiger partial charge >= 0.3 is 0 Å². The molecule has 0 aliphatic rings. The monoisotopic (exact) mass is 382 g/mol. The van der Waals surface area contributed by atoms with Gasteiger partial charge in [0.2, 0.25) is 0 Å². The molecular formula is C15H15IN2O2. The molecule has 0 aliphatic heterocycles. The molecule has 0 unspecified atom stereocenters. The summed E-state index contributed by atoms with van der Waals surface area (Å²) in [6.45, 7) is 5.08. The number of H-pyrrole nitrogens is 1. The maximum atomic E-state index is 12.3. The number of anilines is 1. The number of hydrogen-bond acceptors (Lipinski definition) is 2. The highest BCUT2D eigenvalue weighted by molar-refractivity contribution is 14.1. The van der Waals surface area contributed by atoms with Crippen molar-refractivity contribution in [2.24, 2.45) is 0 Å². The summed E-state index contributed by atoms with van der Waals surface area (Å²) >= 11 is 2.19. The first-order valence-electron chi connectivity index (χ1n) is 6.17. The van der Waals surface area contributed by atoms with Crippen LogP contribution >= 0.6 is 22.6 Å². The quantitative estimate of drug-likeness (QED) is 0.628. The van der Waals surface area contributed by atoms with Gasteiger partial charge in [-0.3, -0.25) is 9.59 Å². The molecule has 1 amide bonds. The van der Waals surface area contributed by atoms with E-state index in [1.54, 1.807) is 13.8 Å². The smallest absolute Gasteiger partial charge is 0.272 e. The number of hydrogen-bond donors (Lipinski definition) is 2. The Morgan fingerprint density at radius 3 is 2.50 bits per heavy atom. The van der Waals surface area contributed by atoms with Crippen molar-refractivity contribution < 1.29 is 9.59 Å². The molecule has 0 spiro atoms. The largest absolute Gasteiger partial charge is 0.354 e. The highest BCUT2D eigenvalue weighted by atomic mass is 127. The van der Waals surface area contributed by atoms with Crippen LogP contribution in [0.5, 0.6) is 0 Å². The van der Waals surface area contributed by atoms with E-state index in [0.717, 1.165) is 15.0 Å². The van der Waals surface area contributed by atoms with E-state index in [2.05, 4.69) is 32.9 Å². The summed E-state index contributed by atoms with van der Waals surface area (Å²) in [5.41, 5.74) is 3.18. The highest BCUT2D eigenvalue weighted by Gasteiger charge is 2.19. The molecule has 1 heterocycles. The molecule has 0 bridgehead atoms. The van der Waals surface area contributed by atoms with Crippen LogP contribution in [0.25, 0.3) is 0 Å². The minimum absolute atomic E-state index is 0.0374. The summed E-state index contributed by atoms with van der Waals surface area (Å²) in [6, 6.07) is 7.55. The maximum Gasteiger partial charge on any atom is 0.272 e. The normalized spacial score (nSPS) is 10.4. The Labute approximate surface area is 131 Å². The fourth-order valence-corrected chi connectivity index (χ4v) is 2.81. The number of Topliss-reactive ketones (excluding diaryl/α,β-unsaturated/α-hetero) is 1. The fourth-order valence-electron chi connectivity index (χ4n) is 2.26. The average Bonchev–Trinajstić information content (AvgIpc) is 2.64. The number of aromatic nitrogens is 1. The van der Waals surface area contributed by atoms with Gasteiger partial charge in [-0.25, -0.2) is 0 Å². The van der Waals surface area contributed by atoms with Crippen LogP contribution in [0.3, 0.4) is 0 Å². The van der Waals surface area contributed by atoms with Crippen LogP contribution in [0, 0.1) is 17.4 Å². The number of benzene rings is 1. The van der Waals surface area contributed by atoms with Crippen LogP contribution < -0.4 is 5.32 Å². The lowest BCUT2D eigenvalue weighted by molar-refractivity contribution is 0.101. The number of carbonyl (C=O) groups excluding carboxylic acids is 2. The van der Waals surface area contributed by atoms with E-state index in [-0.39, 0.29) is 11.7 Å². The Bertz CT molecular complexity index is 689. The van der Waals surface area contributed by atoms with E-state index in [0.29, 0.717) is 16.8 Å². The molecular weight excluding hydrogens is 367 g/mol. The van der Waals surface area contributed by atoms with Gasteiger partial charge < -0.3 is 10.3 Å². The Balaban J connectivity index is 2.31. The third-order valence-electron chi connectivity index (χ3n) is 3.10. The number of amides is 1. The van der Waals surface area contributed by atoms with Gasteiger partial charge in [0.05, 0.1) is 0 Å². The lowest BCUT2D eigenvalue weighted by Gasteiger charge is -2.05. The Hall–Kier alpha value is -1.63. The van der Waals surface area contributed by atoms with Gasteiger partial charge in [0.1, 0.15) is 5.69 Å². The molecule has 1 aromatic heterocycles. The SMILES string of the molecule is CC(=O)c1c(C)[nH]c(C(=O)Nc2cccc(I)c2)c1C. The molecule has 2 aromatic rings. The highest BCUT2D eigenvalue weighted by Crippen LogP contribution is 2.20. The number of rotatable bonds is 3. The summed E-state index contributed by atoms with van der Waals surface area (Å²) in [6.07, 6.45) is 0. The molecule has 0 atom stereocenters. The summed E-state index contributed by atoms with van der Waals surface area (Å²) in [5, 5.41) is 2.83. The zero-order chi connectivity index (χ0) is 14.9. The van der Waals surface area contributed by atoms with Crippen molar-refractivity contribution in [1.29, 1.82) is 0 Å². The minimum Gasteiger partial charge on any atom is -0.354 e. The summed E-state index contributed by atoms with van der Waals surface area (Å²) in [5.74, 6) is -0.273. The van der Waals surface area contributed by atoms with Gasteiger partial charge in [-0.1, -0.05) is 6.07 Å². The zero-order valence-electron chi connectivity index (χ0n) is 11.5. The molecule has 4 nitrogen and oxygen atoms in total. The predicted octanol–water partition coefficient (Wildman–Crippen LogP) is 3.69. The molecule has 0 saturated carbocycles. The Morgan fingerprint density at radius 2 is 1.95 bits per heavy atom. The number of aromatic amines is 1. The van der Waals surface area contributed by atoms with Gasteiger partial charge in [-0.05, 0) is 67.1 Å². The van der Waals surface area contributed by atoms with Crippen molar-refractivity contribution in [1.82, 2.24) is 4.98 Å². The fraction of sp³-hybridized carbons (Fsp3) is 0.200. The first kappa shape index (κ1) is 14.8. The lowest BCUT2D eigenvalue weighted by atomic mass is 10.1. The second-order valence-corrected chi connectivity index (χ2v) is 5.89. The number of ketones is 1. The summed E-state index contributed by atoms with van der Waals surface area (Å²) in [4.78, 5) is 26.8. The number of halogens is 1. The molecule has 20 heavy (non-hydrogen) atoms. The first-order valence-corrected chi connectivity index (χ1v) is 7.25. The summed E-state index contributed by atoms with van der Waals surface area (Å²) in [7, 11) is 0. The van der Waals surface area contributed by atoms with Crippen LogP contribution in [0.4, 0.5) is 5.69 Å². The third kappa shape index (κ3) is 2.92. The van der Waals surface area contributed by atoms with Gasteiger partial charge in [0.15, 0.2) is 5.78 Å². The van der Waals surface area contributed by atoms with Crippen molar-refractivity contribution in [3.8, 4) is 0 Å². The van der Waals surface area contributed by atoms with Gasteiger partial charge in [0.25, 0.3) is 5.91 Å². The van der Waals surface area contributed by atoms with E-state index in [1.165, 1.54) is 6.92 Å². The molecule has 0 fully saturated rings. The molecule has 2 rings (SSSR count). The van der Waals surface area contributed by atoms with E-state index in [1.807, 2.05) is 24.3 Å². The van der Waals surface area contributed by atoms with Crippen LogP contribution in [-0.2, 0) is 0 Å². The maximum absolute atomic E-state index is 12.3. The molecule has 0 radical (unpaired) electrons. The Morgan fingerprint density at radius 1 is 1.25 bits per heavy atom. The lowest BCUT2D eigenvalue weighted by Crippen LogP contribution is -2.14. The van der Waals surface area contributed by atoms with Crippen LogP contribution in [0.15, 0.2) is 24.3 Å². The molecule has 104 valence electrons. The predicted molar refractivity (Wildman–Crippen MR) is 87.4 cm³/mol. The van der Waals surface area contributed by atoms with Crippen LogP contribution in [0.2, 0.25) is 0 Å². The van der Waals surface area contributed by atoms with Crippen LogP contribution in [-0.4, -0.2) is 16.7 Å². The van der Waals surface area contributed by atoms with Gasteiger partial charge in [0, 0.05) is 20.5 Å². The Kier molecular flexibility index (Phi) is 4.27. The van der Waals surface area contributed by atoms with Crippen molar-refractivity contribution in [2.75, 3.05) is 5.32 Å². The molecule has 1 aromatic carbocycles. The van der Waals surface area contributed by atoms with Crippen molar-refractivity contribution in [3.05, 3.63) is 50.4 Å². The third-order valence-corrected chi connectivity index (χ3v) is 3.77. The second-order valence-electron chi connectivity index (χ2n) is 4.65. The standard InChI is InChI=1S/C15H15IN2O2/c1-8-13(10(3)19)9(2)17-14(8)15(20)18-12-6-4-5-11(16)7-12/h4-7,17H,1-3H3,(H,18,20). The van der Waals surface area contributed by atoms with E-state index >= 15 is 0 Å². The number of aryl methyl sites for hydroxylation is 1. The average molecular weight is 382 g/mol. The zero-order valence-corrected chi connectivity index (χ0v) is 13.7. The van der Waals surface area contributed by atoms with Crippen molar-refractivity contribution in [3.63, 3.8) is 0 Å². The topological polar surface area (TPSA) is 62.0 Å². The van der Waals surface area contributed by atoms with Crippen molar-refractivity contribution in [2.45, 2.75) is 20.8 Å². The molecule has 2 N–H and O–H groups in total. The van der Waals surface area contributed by atoms with Gasteiger partial charge in [-0.15, -0.1) is 0 Å². The number of carbonyl (C=O) groups is 2. The van der Waals surface area contributed by atoms with Crippen molar-refractivity contribution >= 4 is 40.0 Å². The first-order chi connectivity index (χ1) is 9.40. The van der Waals surface area contributed by atoms with E-state index in [4.69, 9.17) is 0 Å². The van der Waals surface area contributed by atoms with Crippen LogP contribution in [0.1, 0.15) is 39.0 Å². The second kappa shape index (κ2) is 5.78. The molecule has 0 saturated heterocycles.